The third-order valence-corrected chi connectivity index (χ3v) is 4.61. The molecule has 0 aliphatic heterocycles. The summed E-state index contributed by atoms with van der Waals surface area (Å²) in [6.45, 7) is 0.302. The molecular formula is C18H16N4O3. The summed E-state index contributed by atoms with van der Waals surface area (Å²) in [5, 5.41) is 16.4. The fourth-order valence-corrected chi connectivity index (χ4v) is 3.34. The first-order chi connectivity index (χ1) is 12.1. The first-order valence-electron chi connectivity index (χ1n) is 8.01. The summed E-state index contributed by atoms with van der Waals surface area (Å²) in [5.74, 6) is -1.80. The van der Waals surface area contributed by atoms with Gasteiger partial charge in [0.15, 0.2) is 11.3 Å². The molecule has 2 N–H and O–H groups in total. The lowest BCUT2D eigenvalue weighted by Crippen LogP contribution is -2.27. The molecule has 126 valence electrons. The van der Waals surface area contributed by atoms with Crippen LogP contribution in [0.3, 0.4) is 0 Å². The lowest BCUT2D eigenvalue weighted by molar-refractivity contribution is -0.139. The second-order valence-corrected chi connectivity index (χ2v) is 6.13. The van der Waals surface area contributed by atoms with E-state index < -0.39 is 11.9 Å². The van der Waals surface area contributed by atoms with Gasteiger partial charge in [0.25, 0.3) is 5.91 Å². The van der Waals surface area contributed by atoms with Crippen molar-refractivity contribution >= 4 is 17.5 Å². The smallest absolute Gasteiger partial charge is 0.307 e. The van der Waals surface area contributed by atoms with Crippen molar-refractivity contribution in [3.8, 4) is 0 Å². The molecule has 0 spiro atoms. The van der Waals surface area contributed by atoms with Gasteiger partial charge in [0.1, 0.15) is 0 Å². The highest BCUT2D eigenvalue weighted by Gasteiger charge is 2.55. The Morgan fingerprint density at radius 2 is 2.00 bits per heavy atom. The van der Waals surface area contributed by atoms with Gasteiger partial charge in [-0.2, -0.15) is 5.10 Å². The summed E-state index contributed by atoms with van der Waals surface area (Å²) >= 11 is 0. The lowest BCUT2D eigenvalue weighted by atomic mass is 10.1. The van der Waals surface area contributed by atoms with Crippen molar-refractivity contribution in [2.24, 2.45) is 11.8 Å². The van der Waals surface area contributed by atoms with Gasteiger partial charge in [-0.05, 0) is 17.5 Å². The Morgan fingerprint density at radius 1 is 1.20 bits per heavy atom. The van der Waals surface area contributed by atoms with E-state index in [-0.39, 0.29) is 23.4 Å². The molecule has 0 saturated heterocycles. The van der Waals surface area contributed by atoms with Crippen molar-refractivity contribution in [1.29, 1.82) is 0 Å². The van der Waals surface area contributed by atoms with Crippen LogP contribution in [0, 0.1) is 11.8 Å². The van der Waals surface area contributed by atoms with Crippen LogP contribution in [-0.2, 0) is 4.79 Å². The number of carbonyl (C=O) groups excluding carboxylic acids is 1. The standard InChI is InChI=1S/C18H16N4O3/c23-17(13-9-14-19-7-4-8-22(14)21-13)20-10-12-15(16(12)18(24)25)11-5-2-1-3-6-11/h1-9,12,15-16H,10H2,(H,20,23)(H,24,25). The molecule has 25 heavy (non-hydrogen) atoms. The Bertz CT molecular complexity index is 905. The number of aromatic nitrogens is 3. The molecule has 7 nitrogen and oxygen atoms in total. The zero-order valence-corrected chi connectivity index (χ0v) is 13.2. The van der Waals surface area contributed by atoms with E-state index in [2.05, 4.69) is 15.4 Å². The number of hydrogen-bond acceptors (Lipinski definition) is 4. The van der Waals surface area contributed by atoms with Gasteiger partial charge in [-0.15, -0.1) is 0 Å². The molecule has 1 amide bonds. The molecule has 2 aromatic heterocycles. The number of amides is 1. The predicted molar refractivity (Wildman–Crippen MR) is 89.1 cm³/mol. The van der Waals surface area contributed by atoms with Crippen LogP contribution in [0.15, 0.2) is 54.9 Å². The SMILES string of the molecule is O=C(NCC1C(C(=O)O)C1c1ccccc1)c1cc2ncccn2n1. The fourth-order valence-electron chi connectivity index (χ4n) is 3.34. The second kappa shape index (κ2) is 6.01. The van der Waals surface area contributed by atoms with Gasteiger partial charge < -0.3 is 10.4 Å². The summed E-state index contributed by atoms with van der Waals surface area (Å²) < 4.78 is 1.53. The average molecular weight is 336 g/mol. The summed E-state index contributed by atoms with van der Waals surface area (Å²) in [4.78, 5) is 27.9. The van der Waals surface area contributed by atoms with Gasteiger partial charge in [-0.25, -0.2) is 9.50 Å². The summed E-state index contributed by atoms with van der Waals surface area (Å²) in [5.41, 5.74) is 1.85. The first-order valence-corrected chi connectivity index (χ1v) is 8.01. The molecule has 1 saturated carbocycles. The highest BCUT2D eigenvalue weighted by molar-refractivity contribution is 5.93. The minimum absolute atomic E-state index is 0.0678. The predicted octanol–water partition coefficient (Wildman–Crippen LogP) is 1.57. The van der Waals surface area contributed by atoms with E-state index in [1.165, 1.54) is 4.52 Å². The van der Waals surface area contributed by atoms with E-state index in [0.717, 1.165) is 5.56 Å². The van der Waals surface area contributed by atoms with Crippen molar-refractivity contribution in [1.82, 2.24) is 19.9 Å². The van der Waals surface area contributed by atoms with Gasteiger partial charge in [-0.1, -0.05) is 30.3 Å². The highest BCUT2D eigenvalue weighted by atomic mass is 16.4. The Morgan fingerprint density at radius 3 is 2.72 bits per heavy atom. The van der Waals surface area contributed by atoms with Gasteiger partial charge in [0.05, 0.1) is 5.92 Å². The van der Waals surface area contributed by atoms with Crippen molar-refractivity contribution in [2.45, 2.75) is 5.92 Å². The maximum atomic E-state index is 12.3. The third-order valence-electron chi connectivity index (χ3n) is 4.61. The molecule has 1 fully saturated rings. The molecule has 3 aromatic rings. The molecule has 7 heteroatoms. The molecule has 1 aliphatic carbocycles. The van der Waals surface area contributed by atoms with Crippen molar-refractivity contribution in [3.63, 3.8) is 0 Å². The summed E-state index contributed by atoms with van der Waals surface area (Å²) in [6.07, 6.45) is 3.34. The Hall–Kier alpha value is -3.22. The van der Waals surface area contributed by atoms with Crippen LogP contribution >= 0.6 is 0 Å². The monoisotopic (exact) mass is 336 g/mol. The molecule has 1 aliphatic rings. The molecule has 3 atom stereocenters. The van der Waals surface area contributed by atoms with Gasteiger partial charge in [0, 0.05) is 30.9 Å². The maximum absolute atomic E-state index is 12.3. The van der Waals surface area contributed by atoms with Crippen LogP contribution in [0.1, 0.15) is 22.0 Å². The third kappa shape index (κ3) is 2.84. The number of carboxylic acids is 1. The number of carbonyl (C=O) groups is 2. The zero-order valence-electron chi connectivity index (χ0n) is 13.2. The highest BCUT2D eigenvalue weighted by Crippen LogP contribution is 2.53. The maximum Gasteiger partial charge on any atom is 0.307 e. The van der Waals surface area contributed by atoms with E-state index in [1.54, 1.807) is 24.5 Å². The van der Waals surface area contributed by atoms with E-state index >= 15 is 0 Å². The normalized spacial score (nSPS) is 21.8. The number of nitrogens with one attached hydrogen (secondary N) is 1. The number of nitrogens with zero attached hydrogens (tertiary/aromatic N) is 3. The number of hydrogen-bond donors (Lipinski definition) is 2. The Labute approximate surface area is 143 Å². The zero-order chi connectivity index (χ0) is 17.4. The minimum Gasteiger partial charge on any atom is -0.481 e. The molecule has 2 heterocycles. The summed E-state index contributed by atoms with van der Waals surface area (Å²) in [7, 11) is 0. The minimum atomic E-state index is -0.829. The van der Waals surface area contributed by atoms with E-state index in [4.69, 9.17) is 0 Å². The number of rotatable bonds is 5. The molecule has 4 rings (SSSR count). The first kappa shape index (κ1) is 15.3. The molecule has 1 aromatic carbocycles. The quantitative estimate of drug-likeness (QED) is 0.737. The molecular weight excluding hydrogens is 320 g/mol. The van der Waals surface area contributed by atoms with Crippen LogP contribution in [-0.4, -0.2) is 38.1 Å². The van der Waals surface area contributed by atoms with Crippen LogP contribution in [0.5, 0.6) is 0 Å². The van der Waals surface area contributed by atoms with E-state index in [0.29, 0.717) is 12.2 Å². The average Bonchev–Trinajstić information content (AvgIpc) is 3.20. The second-order valence-electron chi connectivity index (χ2n) is 6.13. The lowest BCUT2D eigenvalue weighted by Gasteiger charge is -2.02. The van der Waals surface area contributed by atoms with Gasteiger partial charge in [-0.3, -0.25) is 9.59 Å². The van der Waals surface area contributed by atoms with E-state index in [1.807, 2.05) is 30.3 Å². The number of benzene rings is 1. The fraction of sp³-hybridized carbons (Fsp3) is 0.222. The van der Waals surface area contributed by atoms with Crippen molar-refractivity contribution in [3.05, 3.63) is 66.1 Å². The number of fused-ring (bicyclic) bond motifs is 1. The van der Waals surface area contributed by atoms with Crippen LogP contribution in [0.4, 0.5) is 0 Å². The van der Waals surface area contributed by atoms with Crippen molar-refractivity contribution < 1.29 is 14.7 Å². The Balaban J connectivity index is 1.45. The number of aliphatic carboxylic acids is 1. The molecule has 0 bridgehead atoms. The van der Waals surface area contributed by atoms with Gasteiger partial charge in [0.2, 0.25) is 0 Å². The topological polar surface area (TPSA) is 96.6 Å². The van der Waals surface area contributed by atoms with Crippen LogP contribution < -0.4 is 5.32 Å². The van der Waals surface area contributed by atoms with Crippen LogP contribution in [0.2, 0.25) is 0 Å². The van der Waals surface area contributed by atoms with Gasteiger partial charge >= 0.3 is 5.97 Å². The molecule has 3 unspecified atom stereocenters. The van der Waals surface area contributed by atoms with Crippen molar-refractivity contribution in [2.75, 3.05) is 6.54 Å². The number of carboxylic acid groups (broad SMARTS) is 1. The largest absolute Gasteiger partial charge is 0.481 e. The molecule has 0 radical (unpaired) electrons. The van der Waals surface area contributed by atoms with Crippen LogP contribution in [0.25, 0.3) is 5.65 Å². The van der Waals surface area contributed by atoms with E-state index in [9.17, 15) is 14.7 Å². The summed E-state index contributed by atoms with van der Waals surface area (Å²) in [6, 6.07) is 12.9. The Kier molecular flexibility index (Phi) is 3.68.